The lowest BCUT2D eigenvalue weighted by atomic mass is 9.86. The van der Waals surface area contributed by atoms with Crippen molar-refractivity contribution in [2.24, 2.45) is 5.73 Å². The number of hydrogen-bond acceptors (Lipinski definition) is 2. The second kappa shape index (κ2) is 4.34. The average Bonchev–Trinajstić information content (AvgIpc) is 3.06. The molecule has 1 atom stereocenters. The maximum atomic E-state index is 6.16. The second-order valence-electron chi connectivity index (χ2n) is 5.26. The smallest absolute Gasteiger partial charge is 0.126 e. The van der Waals surface area contributed by atoms with Gasteiger partial charge >= 0.3 is 0 Å². The average molecular weight is 233 g/mol. The maximum Gasteiger partial charge on any atom is 0.126 e. The third-order valence-corrected chi connectivity index (χ3v) is 4.16. The van der Waals surface area contributed by atoms with Gasteiger partial charge < -0.3 is 10.5 Å². The Hall–Kier alpha value is -1.02. The standard InChI is InChI=1S/C15H23NO/c1-5-17-14-11(3)10(2)6-7-13(14)15(8-9-15)12(4)16/h6-7,12H,5,8-9,16H2,1-4H3. The van der Waals surface area contributed by atoms with Gasteiger partial charge in [-0.1, -0.05) is 12.1 Å². The fraction of sp³-hybridized carbons (Fsp3) is 0.600. The molecule has 1 aromatic carbocycles. The normalized spacial score (nSPS) is 18.9. The van der Waals surface area contributed by atoms with Crippen LogP contribution in [0.3, 0.4) is 0 Å². The highest BCUT2D eigenvalue weighted by Crippen LogP contribution is 2.54. The molecular formula is C15H23NO. The third kappa shape index (κ3) is 1.95. The molecule has 17 heavy (non-hydrogen) atoms. The molecule has 0 spiro atoms. The molecule has 1 unspecified atom stereocenters. The van der Waals surface area contributed by atoms with Crippen LogP contribution in [0.25, 0.3) is 0 Å². The van der Waals surface area contributed by atoms with Crippen LogP contribution in [0.2, 0.25) is 0 Å². The molecule has 1 fully saturated rings. The van der Waals surface area contributed by atoms with Crippen molar-refractivity contribution in [3.63, 3.8) is 0 Å². The fourth-order valence-electron chi connectivity index (χ4n) is 2.62. The van der Waals surface area contributed by atoms with Crippen molar-refractivity contribution in [3.05, 3.63) is 28.8 Å². The Morgan fingerprint density at radius 1 is 1.35 bits per heavy atom. The minimum Gasteiger partial charge on any atom is -0.493 e. The molecule has 1 aliphatic carbocycles. The van der Waals surface area contributed by atoms with Crippen molar-refractivity contribution in [1.82, 2.24) is 0 Å². The molecule has 0 aliphatic heterocycles. The summed E-state index contributed by atoms with van der Waals surface area (Å²) in [6.07, 6.45) is 2.38. The SMILES string of the molecule is CCOc1c(C2(C(C)N)CC2)ccc(C)c1C. The van der Waals surface area contributed by atoms with Crippen LogP contribution in [0.4, 0.5) is 0 Å². The largest absolute Gasteiger partial charge is 0.493 e. The van der Waals surface area contributed by atoms with Crippen LogP contribution in [-0.4, -0.2) is 12.6 Å². The fourth-order valence-corrected chi connectivity index (χ4v) is 2.62. The molecule has 0 bridgehead atoms. The number of ether oxygens (including phenoxy) is 1. The van der Waals surface area contributed by atoms with E-state index in [1.54, 1.807) is 0 Å². The molecule has 1 aromatic rings. The lowest BCUT2D eigenvalue weighted by Crippen LogP contribution is -2.32. The Bertz CT molecular complexity index is 419. The maximum absolute atomic E-state index is 6.16. The number of rotatable bonds is 4. The van der Waals surface area contributed by atoms with Crippen molar-refractivity contribution in [2.75, 3.05) is 6.61 Å². The van der Waals surface area contributed by atoms with E-state index < -0.39 is 0 Å². The Labute approximate surface area is 104 Å². The van der Waals surface area contributed by atoms with Crippen LogP contribution < -0.4 is 10.5 Å². The Kier molecular flexibility index (Phi) is 3.17. The molecule has 1 aliphatic rings. The van der Waals surface area contributed by atoms with E-state index in [2.05, 4.69) is 32.9 Å². The molecule has 2 rings (SSSR count). The van der Waals surface area contributed by atoms with Gasteiger partial charge in [0.2, 0.25) is 0 Å². The first-order valence-corrected chi connectivity index (χ1v) is 6.52. The minimum atomic E-state index is 0.170. The van der Waals surface area contributed by atoms with Gasteiger partial charge in [-0.2, -0.15) is 0 Å². The van der Waals surface area contributed by atoms with Gasteiger partial charge in [-0.05, 0) is 51.7 Å². The van der Waals surface area contributed by atoms with E-state index in [-0.39, 0.29) is 11.5 Å². The van der Waals surface area contributed by atoms with E-state index >= 15 is 0 Å². The van der Waals surface area contributed by atoms with E-state index in [1.165, 1.54) is 29.5 Å². The highest BCUT2D eigenvalue weighted by Gasteiger charge is 2.49. The summed E-state index contributed by atoms with van der Waals surface area (Å²) in [7, 11) is 0. The van der Waals surface area contributed by atoms with Crippen molar-refractivity contribution in [2.45, 2.75) is 52.0 Å². The topological polar surface area (TPSA) is 35.2 Å². The summed E-state index contributed by atoms with van der Waals surface area (Å²) in [5.41, 5.74) is 10.2. The molecule has 0 heterocycles. The van der Waals surface area contributed by atoms with Crippen LogP contribution >= 0.6 is 0 Å². The predicted octanol–water partition coefficient (Wildman–Crippen LogP) is 3.08. The summed E-state index contributed by atoms with van der Waals surface area (Å²) < 4.78 is 5.87. The zero-order valence-electron chi connectivity index (χ0n) is 11.3. The van der Waals surface area contributed by atoms with Gasteiger partial charge in [0, 0.05) is 17.0 Å². The predicted molar refractivity (Wildman–Crippen MR) is 71.6 cm³/mol. The number of hydrogen-bond donors (Lipinski definition) is 1. The number of aryl methyl sites for hydroxylation is 1. The van der Waals surface area contributed by atoms with Crippen molar-refractivity contribution in [3.8, 4) is 5.75 Å². The van der Waals surface area contributed by atoms with E-state index in [9.17, 15) is 0 Å². The lowest BCUT2D eigenvalue weighted by Gasteiger charge is -2.25. The third-order valence-electron chi connectivity index (χ3n) is 4.16. The summed E-state index contributed by atoms with van der Waals surface area (Å²) in [5, 5.41) is 0. The van der Waals surface area contributed by atoms with E-state index in [4.69, 9.17) is 10.5 Å². The molecule has 2 heteroatoms. The van der Waals surface area contributed by atoms with Gasteiger partial charge in [0.1, 0.15) is 5.75 Å². The monoisotopic (exact) mass is 233 g/mol. The Morgan fingerprint density at radius 3 is 2.47 bits per heavy atom. The minimum absolute atomic E-state index is 0.170. The summed E-state index contributed by atoms with van der Waals surface area (Å²) in [4.78, 5) is 0. The molecule has 0 radical (unpaired) electrons. The van der Waals surface area contributed by atoms with E-state index in [0.29, 0.717) is 6.61 Å². The Balaban J connectivity index is 2.50. The van der Waals surface area contributed by atoms with Crippen molar-refractivity contribution < 1.29 is 4.74 Å². The van der Waals surface area contributed by atoms with E-state index in [0.717, 1.165) is 5.75 Å². The number of benzene rings is 1. The van der Waals surface area contributed by atoms with Crippen LogP contribution in [0.15, 0.2) is 12.1 Å². The van der Waals surface area contributed by atoms with Gasteiger partial charge in [0.25, 0.3) is 0 Å². The number of nitrogens with two attached hydrogens (primary N) is 1. The molecule has 1 saturated carbocycles. The molecule has 0 amide bonds. The molecule has 2 nitrogen and oxygen atoms in total. The van der Waals surface area contributed by atoms with Gasteiger partial charge in [-0.15, -0.1) is 0 Å². The van der Waals surface area contributed by atoms with Crippen molar-refractivity contribution in [1.29, 1.82) is 0 Å². The van der Waals surface area contributed by atoms with Crippen molar-refractivity contribution >= 4 is 0 Å². The summed E-state index contributed by atoms with van der Waals surface area (Å²) in [6, 6.07) is 4.60. The van der Waals surface area contributed by atoms with Crippen LogP contribution in [-0.2, 0) is 5.41 Å². The summed E-state index contributed by atoms with van der Waals surface area (Å²) in [6.45, 7) is 9.13. The second-order valence-corrected chi connectivity index (χ2v) is 5.26. The zero-order chi connectivity index (χ0) is 12.6. The first-order valence-electron chi connectivity index (χ1n) is 6.52. The molecule has 0 saturated heterocycles. The van der Waals surface area contributed by atoms with Crippen LogP contribution in [0.1, 0.15) is 43.4 Å². The first kappa shape index (κ1) is 12.4. The quantitative estimate of drug-likeness (QED) is 0.867. The summed E-state index contributed by atoms with van der Waals surface area (Å²) in [5.74, 6) is 1.07. The lowest BCUT2D eigenvalue weighted by molar-refractivity contribution is 0.328. The zero-order valence-corrected chi connectivity index (χ0v) is 11.3. The molecule has 2 N–H and O–H groups in total. The van der Waals surface area contributed by atoms with E-state index in [1.807, 2.05) is 6.92 Å². The molecular weight excluding hydrogens is 210 g/mol. The molecule has 94 valence electrons. The highest BCUT2D eigenvalue weighted by atomic mass is 16.5. The van der Waals surface area contributed by atoms with Gasteiger partial charge in [0.05, 0.1) is 6.61 Å². The summed E-state index contributed by atoms with van der Waals surface area (Å²) >= 11 is 0. The van der Waals surface area contributed by atoms with Crippen LogP contribution in [0.5, 0.6) is 5.75 Å². The van der Waals surface area contributed by atoms with Gasteiger partial charge in [-0.3, -0.25) is 0 Å². The van der Waals surface area contributed by atoms with Crippen LogP contribution in [0, 0.1) is 13.8 Å². The van der Waals surface area contributed by atoms with Gasteiger partial charge in [0.15, 0.2) is 0 Å². The first-order chi connectivity index (χ1) is 8.03. The van der Waals surface area contributed by atoms with Gasteiger partial charge in [-0.25, -0.2) is 0 Å². The molecule has 0 aromatic heterocycles. The highest BCUT2D eigenvalue weighted by molar-refractivity contribution is 5.51. The Morgan fingerprint density at radius 2 is 2.00 bits per heavy atom.